The van der Waals surface area contributed by atoms with E-state index in [1.54, 1.807) is 30.3 Å². The number of amides is 1. The van der Waals surface area contributed by atoms with Gasteiger partial charge in [0.2, 0.25) is 10.0 Å². The van der Waals surface area contributed by atoms with Gasteiger partial charge in [0.25, 0.3) is 11.6 Å². The van der Waals surface area contributed by atoms with Crippen LogP contribution in [0.5, 0.6) is 5.75 Å². The molecule has 0 spiro atoms. The van der Waals surface area contributed by atoms with E-state index in [9.17, 15) is 14.9 Å². The molecule has 2 rings (SSSR count). The second-order valence-electron chi connectivity index (χ2n) is 4.60. The molecule has 6 nitrogen and oxygen atoms in total. The van der Waals surface area contributed by atoms with Gasteiger partial charge in [0.05, 0.1) is 4.92 Å². The van der Waals surface area contributed by atoms with Gasteiger partial charge in [0, 0.05) is 6.07 Å². The zero-order chi connectivity index (χ0) is 17.7. The van der Waals surface area contributed by atoms with Crippen LogP contribution >= 0.6 is 34.8 Å². The van der Waals surface area contributed by atoms with E-state index < -0.39 is 20.9 Å². The van der Waals surface area contributed by atoms with Crippen LogP contribution in [0.4, 0.5) is 5.69 Å². The summed E-state index contributed by atoms with van der Waals surface area (Å²) in [4.78, 5) is 22.7. The molecule has 0 aliphatic rings. The molecule has 24 heavy (non-hydrogen) atoms. The van der Waals surface area contributed by atoms with Crippen molar-refractivity contribution >= 4 is 46.4 Å². The molecule has 2 aromatic carbocycles. The normalized spacial score (nSPS) is 12.3. The number of hydrogen-bond acceptors (Lipinski definition) is 4. The molecule has 0 saturated heterocycles. The Kier molecular flexibility index (Phi) is 5.88. The molecule has 9 heteroatoms. The van der Waals surface area contributed by atoms with Crippen LogP contribution in [0.1, 0.15) is 10.4 Å². The van der Waals surface area contributed by atoms with Crippen LogP contribution in [0, 0.1) is 10.1 Å². The van der Waals surface area contributed by atoms with E-state index >= 15 is 0 Å². The minimum Gasteiger partial charge on any atom is -0.466 e. The minimum atomic E-state index is -1.99. The van der Waals surface area contributed by atoms with Gasteiger partial charge in [-0.2, -0.15) is 0 Å². The molecule has 1 amide bonds. The van der Waals surface area contributed by atoms with Gasteiger partial charge >= 0.3 is 0 Å². The van der Waals surface area contributed by atoms with Crippen molar-refractivity contribution in [2.75, 3.05) is 0 Å². The van der Waals surface area contributed by atoms with E-state index in [0.717, 1.165) is 0 Å². The van der Waals surface area contributed by atoms with Crippen molar-refractivity contribution in [2.24, 2.45) is 0 Å². The summed E-state index contributed by atoms with van der Waals surface area (Å²) in [5.74, 6) is -0.439. The Morgan fingerprint density at radius 3 is 2.25 bits per heavy atom. The van der Waals surface area contributed by atoms with Gasteiger partial charge in [0.1, 0.15) is 11.3 Å². The molecule has 126 valence electrons. The highest BCUT2D eigenvalue weighted by Crippen LogP contribution is 2.32. The molecule has 0 aromatic heterocycles. The van der Waals surface area contributed by atoms with Crippen molar-refractivity contribution < 1.29 is 14.5 Å². The Labute approximate surface area is 152 Å². The Morgan fingerprint density at radius 1 is 1.08 bits per heavy atom. The highest BCUT2D eigenvalue weighted by Gasteiger charge is 2.37. The maximum Gasteiger partial charge on any atom is 0.282 e. The Bertz CT molecular complexity index is 735. The second-order valence-corrected chi connectivity index (χ2v) is 6.97. The average Bonchev–Trinajstić information content (AvgIpc) is 2.54. The number of para-hydroxylation sites is 2. The number of hydrogen-bond donors (Lipinski definition) is 1. The Balaban J connectivity index is 2.24. The van der Waals surface area contributed by atoms with Crippen LogP contribution in [0.25, 0.3) is 0 Å². The third-order valence-corrected chi connectivity index (χ3v) is 3.50. The first-order valence-electron chi connectivity index (χ1n) is 6.62. The number of carbonyl (C=O) groups is 1. The van der Waals surface area contributed by atoms with E-state index in [-0.39, 0.29) is 11.3 Å². The molecule has 1 unspecified atom stereocenters. The van der Waals surface area contributed by atoms with Crippen molar-refractivity contribution in [3.05, 3.63) is 70.3 Å². The van der Waals surface area contributed by atoms with Crippen LogP contribution in [0.2, 0.25) is 0 Å². The first-order valence-corrected chi connectivity index (χ1v) is 7.75. The number of alkyl halides is 3. The molecule has 1 N–H and O–H groups in total. The smallest absolute Gasteiger partial charge is 0.282 e. The highest BCUT2D eigenvalue weighted by molar-refractivity contribution is 6.68. The third-order valence-electron chi connectivity index (χ3n) is 2.90. The summed E-state index contributed by atoms with van der Waals surface area (Å²) < 4.78 is 3.48. The molecule has 0 bridgehead atoms. The lowest BCUT2D eigenvalue weighted by molar-refractivity contribution is -0.385. The summed E-state index contributed by atoms with van der Waals surface area (Å²) in [5.41, 5.74) is -0.531. The van der Waals surface area contributed by atoms with E-state index in [4.69, 9.17) is 39.5 Å². The maximum atomic E-state index is 12.3. The van der Waals surface area contributed by atoms with Gasteiger partial charge in [-0.1, -0.05) is 65.1 Å². The topological polar surface area (TPSA) is 81.5 Å². The third kappa shape index (κ3) is 4.74. The summed E-state index contributed by atoms with van der Waals surface area (Å²) in [6.07, 6.45) is -1.35. The SMILES string of the molecule is O=C(NC(Oc1ccccc1)C(Cl)(Cl)Cl)c1ccccc1[N+](=O)[O-]. The fraction of sp³-hybridized carbons (Fsp3) is 0.133. The van der Waals surface area contributed by atoms with Crippen molar-refractivity contribution in [2.45, 2.75) is 10.0 Å². The van der Waals surface area contributed by atoms with Gasteiger partial charge in [-0.05, 0) is 18.2 Å². The number of nitrogens with zero attached hydrogens (tertiary/aromatic N) is 1. The molecule has 0 aliphatic heterocycles. The number of carbonyl (C=O) groups excluding carboxylic acids is 1. The van der Waals surface area contributed by atoms with Gasteiger partial charge in [-0.15, -0.1) is 0 Å². The van der Waals surface area contributed by atoms with Gasteiger partial charge in [-0.3, -0.25) is 14.9 Å². The van der Waals surface area contributed by atoms with Gasteiger partial charge in [-0.25, -0.2) is 0 Å². The molecule has 0 heterocycles. The first kappa shape index (κ1) is 18.3. The largest absolute Gasteiger partial charge is 0.466 e. The van der Waals surface area contributed by atoms with E-state index in [2.05, 4.69) is 5.32 Å². The Hall–Kier alpha value is -2.02. The lowest BCUT2D eigenvalue weighted by atomic mass is 10.1. The molecule has 1 atom stereocenters. The molecular weight excluding hydrogens is 379 g/mol. The molecule has 0 aliphatic carbocycles. The molecule has 2 aromatic rings. The lowest BCUT2D eigenvalue weighted by Crippen LogP contribution is -2.47. The summed E-state index contributed by atoms with van der Waals surface area (Å²) >= 11 is 17.5. The van der Waals surface area contributed by atoms with Gasteiger partial charge < -0.3 is 10.1 Å². The number of halogens is 3. The number of rotatable bonds is 5. The summed E-state index contributed by atoms with van der Waals surface area (Å²) in [7, 11) is 0. The zero-order valence-electron chi connectivity index (χ0n) is 12.0. The standard InChI is InChI=1S/C15H11Cl3N2O4/c16-15(17,18)14(24-10-6-2-1-3-7-10)19-13(21)11-8-4-5-9-12(11)20(22)23/h1-9,14H,(H,19,21). The van der Waals surface area contributed by atoms with E-state index in [1.165, 1.54) is 24.3 Å². The maximum absolute atomic E-state index is 12.3. The highest BCUT2D eigenvalue weighted by atomic mass is 35.6. The molecule has 0 fully saturated rings. The van der Waals surface area contributed by atoms with Crippen LogP contribution < -0.4 is 10.1 Å². The molecule has 0 saturated carbocycles. The van der Waals surface area contributed by atoms with Crippen molar-refractivity contribution in [3.8, 4) is 5.75 Å². The van der Waals surface area contributed by atoms with Crippen molar-refractivity contribution in [1.82, 2.24) is 5.32 Å². The fourth-order valence-corrected chi connectivity index (χ4v) is 2.13. The fourth-order valence-electron chi connectivity index (χ4n) is 1.83. The number of nitrogens with one attached hydrogen (secondary N) is 1. The number of benzene rings is 2. The van der Waals surface area contributed by atoms with Crippen LogP contribution in [-0.4, -0.2) is 20.9 Å². The average molecular weight is 390 g/mol. The van der Waals surface area contributed by atoms with Crippen LogP contribution in [0.15, 0.2) is 54.6 Å². The van der Waals surface area contributed by atoms with E-state index in [0.29, 0.717) is 5.75 Å². The number of nitro groups is 1. The summed E-state index contributed by atoms with van der Waals surface area (Å²) in [5, 5.41) is 13.4. The van der Waals surface area contributed by atoms with Crippen molar-refractivity contribution in [1.29, 1.82) is 0 Å². The monoisotopic (exact) mass is 388 g/mol. The molecular formula is C15H11Cl3N2O4. The summed E-state index contributed by atoms with van der Waals surface area (Å²) in [6, 6.07) is 13.8. The van der Waals surface area contributed by atoms with Crippen LogP contribution in [0.3, 0.4) is 0 Å². The first-order chi connectivity index (χ1) is 11.3. The Morgan fingerprint density at radius 2 is 1.67 bits per heavy atom. The number of nitro benzene ring substituents is 1. The minimum absolute atomic E-state index is 0.168. The predicted molar refractivity (Wildman–Crippen MR) is 91.7 cm³/mol. The van der Waals surface area contributed by atoms with Gasteiger partial charge in [0.15, 0.2) is 0 Å². The zero-order valence-corrected chi connectivity index (χ0v) is 14.3. The summed E-state index contributed by atoms with van der Waals surface area (Å²) in [6.45, 7) is 0. The lowest BCUT2D eigenvalue weighted by Gasteiger charge is -2.26. The molecule has 0 radical (unpaired) electrons. The number of ether oxygens (including phenoxy) is 1. The van der Waals surface area contributed by atoms with Crippen LogP contribution in [-0.2, 0) is 0 Å². The predicted octanol–water partition coefficient (Wildman–Crippen LogP) is 4.10. The van der Waals surface area contributed by atoms with E-state index in [1.807, 2.05) is 0 Å². The van der Waals surface area contributed by atoms with Crippen molar-refractivity contribution in [3.63, 3.8) is 0 Å². The second kappa shape index (κ2) is 7.70. The quantitative estimate of drug-likeness (QED) is 0.361.